The van der Waals surface area contributed by atoms with Gasteiger partial charge in [-0.25, -0.2) is 4.98 Å². The Kier molecular flexibility index (Phi) is 3.44. The predicted molar refractivity (Wildman–Crippen MR) is 78.1 cm³/mol. The van der Waals surface area contributed by atoms with E-state index in [2.05, 4.69) is 51.5 Å². The Bertz CT molecular complexity index is 535. The minimum absolute atomic E-state index is 0.980. The highest BCUT2D eigenvalue weighted by molar-refractivity contribution is 7.28. The number of aromatic nitrogens is 1. The fourth-order valence-corrected chi connectivity index (χ4v) is 2.10. The van der Waals surface area contributed by atoms with E-state index in [1.54, 1.807) is 0 Å². The molecule has 0 N–H and O–H groups in total. The highest BCUT2D eigenvalue weighted by Crippen LogP contribution is 2.23. The molecule has 1 atom stereocenters. The van der Waals surface area contributed by atoms with Crippen molar-refractivity contribution in [2.75, 3.05) is 19.0 Å². The second-order valence-corrected chi connectivity index (χ2v) is 5.01. The molecule has 2 rings (SSSR count). The predicted octanol–water partition coefficient (Wildman–Crippen LogP) is 2.62. The van der Waals surface area contributed by atoms with Gasteiger partial charge in [0.2, 0.25) is 0 Å². The molecule has 2 nitrogen and oxygen atoms in total. The maximum atomic E-state index is 4.34. The molecule has 3 heteroatoms. The van der Waals surface area contributed by atoms with Gasteiger partial charge in [0.25, 0.3) is 0 Å². The summed E-state index contributed by atoms with van der Waals surface area (Å²) in [7, 11) is 6.80. The fraction of sp³-hybridized carbons (Fsp3) is 0.214. The third-order valence-corrected chi connectivity index (χ3v) is 3.23. The third-order valence-electron chi connectivity index (χ3n) is 2.72. The highest BCUT2D eigenvalue weighted by atomic mass is 31.0. The van der Waals surface area contributed by atoms with E-state index in [4.69, 9.17) is 0 Å². The Morgan fingerprint density at radius 1 is 1.12 bits per heavy atom. The zero-order valence-corrected chi connectivity index (χ0v) is 11.6. The number of pyridine rings is 1. The summed E-state index contributed by atoms with van der Waals surface area (Å²) in [4.78, 5) is 6.35. The summed E-state index contributed by atoms with van der Waals surface area (Å²) in [6.07, 6.45) is 1.86. The van der Waals surface area contributed by atoms with E-state index in [1.165, 1.54) is 22.0 Å². The van der Waals surface area contributed by atoms with Crippen LogP contribution < -0.4 is 10.2 Å². The summed E-state index contributed by atoms with van der Waals surface area (Å²) in [5, 5.41) is 1.21. The van der Waals surface area contributed by atoms with Gasteiger partial charge in [0.05, 0.1) is 0 Å². The van der Waals surface area contributed by atoms with Crippen molar-refractivity contribution in [3.05, 3.63) is 42.1 Å². The van der Waals surface area contributed by atoms with E-state index >= 15 is 0 Å². The summed E-state index contributed by atoms with van der Waals surface area (Å²) in [6, 6.07) is 10.6. The number of hydrogen-bond donors (Lipinski definition) is 0. The second kappa shape index (κ2) is 4.85. The quantitative estimate of drug-likeness (QED) is 0.755. The first-order valence-corrected chi connectivity index (χ1v) is 6.15. The van der Waals surface area contributed by atoms with Crippen molar-refractivity contribution in [3.8, 4) is 11.1 Å². The van der Waals surface area contributed by atoms with Crippen molar-refractivity contribution in [1.82, 2.24) is 4.98 Å². The molecule has 0 saturated heterocycles. The third kappa shape index (κ3) is 2.65. The minimum atomic E-state index is 0.980. The lowest BCUT2D eigenvalue weighted by Crippen LogP contribution is -2.10. The molecule has 1 aromatic heterocycles. The van der Waals surface area contributed by atoms with Gasteiger partial charge in [0.1, 0.15) is 5.82 Å². The summed E-state index contributed by atoms with van der Waals surface area (Å²) in [5.74, 6) is 0.980. The van der Waals surface area contributed by atoms with Gasteiger partial charge in [0.15, 0.2) is 0 Å². The van der Waals surface area contributed by atoms with Crippen LogP contribution in [0.5, 0.6) is 0 Å². The minimum Gasteiger partial charge on any atom is -0.363 e. The SMILES string of the molecule is Cc1ccc(P)c(-c2ccnc(N(C)C)c2)c1. The van der Waals surface area contributed by atoms with Crippen LogP contribution in [-0.4, -0.2) is 19.1 Å². The Hall–Kier alpha value is -1.40. The van der Waals surface area contributed by atoms with Crippen LogP contribution in [-0.2, 0) is 0 Å². The lowest BCUT2D eigenvalue weighted by molar-refractivity contribution is 1.07. The zero-order valence-electron chi connectivity index (χ0n) is 10.4. The number of nitrogens with zero attached hydrogens (tertiary/aromatic N) is 2. The maximum absolute atomic E-state index is 4.34. The fourth-order valence-electron chi connectivity index (χ4n) is 1.75. The van der Waals surface area contributed by atoms with Gasteiger partial charge in [-0.05, 0) is 35.5 Å². The van der Waals surface area contributed by atoms with Crippen LogP contribution in [0.15, 0.2) is 36.5 Å². The molecule has 0 radical (unpaired) electrons. The van der Waals surface area contributed by atoms with Crippen LogP contribution in [0.3, 0.4) is 0 Å². The molecule has 0 fully saturated rings. The van der Waals surface area contributed by atoms with Gasteiger partial charge in [-0.2, -0.15) is 0 Å². The van der Waals surface area contributed by atoms with Gasteiger partial charge in [-0.1, -0.05) is 23.8 Å². The normalized spacial score (nSPS) is 10.4. The molecule has 1 unspecified atom stereocenters. The maximum Gasteiger partial charge on any atom is 0.128 e. The molecule has 0 spiro atoms. The van der Waals surface area contributed by atoms with Crippen LogP contribution in [0.25, 0.3) is 11.1 Å². The molecule has 2 aromatic rings. The van der Waals surface area contributed by atoms with Gasteiger partial charge in [0, 0.05) is 20.3 Å². The smallest absolute Gasteiger partial charge is 0.128 e. The van der Waals surface area contributed by atoms with Crippen molar-refractivity contribution in [2.45, 2.75) is 6.92 Å². The van der Waals surface area contributed by atoms with Gasteiger partial charge < -0.3 is 4.90 Å². The topological polar surface area (TPSA) is 16.1 Å². The average molecular weight is 244 g/mol. The van der Waals surface area contributed by atoms with E-state index in [9.17, 15) is 0 Å². The molecular formula is C14H17N2P. The number of hydrogen-bond acceptors (Lipinski definition) is 2. The molecule has 0 bridgehead atoms. The van der Waals surface area contributed by atoms with Crippen LogP contribution in [0, 0.1) is 6.92 Å². The van der Waals surface area contributed by atoms with E-state index in [1.807, 2.05) is 25.2 Å². The largest absolute Gasteiger partial charge is 0.363 e. The van der Waals surface area contributed by atoms with Crippen LogP contribution in [0.4, 0.5) is 5.82 Å². The Labute approximate surface area is 105 Å². The lowest BCUT2D eigenvalue weighted by Gasteiger charge is -2.13. The average Bonchev–Trinajstić information content (AvgIpc) is 2.32. The van der Waals surface area contributed by atoms with Crippen LogP contribution in [0.2, 0.25) is 0 Å². The highest BCUT2D eigenvalue weighted by Gasteiger charge is 2.04. The van der Waals surface area contributed by atoms with Crippen LogP contribution >= 0.6 is 9.24 Å². The van der Waals surface area contributed by atoms with Crippen LogP contribution in [0.1, 0.15) is 5.56 Å². The summed E-state index contributed by atoms with van der Waals surface area (Å²) < 4.78 is 0. The monoisotopic (exact) mass is 244 g/mol. The van der Waals surface area contributed by atoms with Crippen molar-refractivity contribution in [3.63, 3.8) is 0 Å². The molecule has 88 valence electrons. The zero-order chi connectivity index (χ0) is 12.4. The number of anilines is 1. The molecule has 1 heterocycles. The van der Waals surface area contributed by atoms with Crippen molar-refractivity contribution in [2.24, 2.45) is 0 Å². The second-order valence-electron chi connectivity index (χ2n) is 4.39. The summed E-state index contributed by atoms with van der Waals surface area (Å²) >= 11 is 0. The Morgan fingerprint density at radius 2 is 1.88 bits per heavy atom. The summed E-state index contributed by atoms with van der Waals surface area (Å²) in [6.45, 7) is 2.11. The van der Waals surface area contributed by atoms with E-state index < -0.39 is 0 Å². The van der Waals surface area contributed by atoms with Gasteiger partial charge in [-0.15, -0.1) is 9.24 Å². The molecule has 1 aromatic carbocycles. The number of rotatable bonds is 2. The molecular weight excluding hydrogens is 227 g/mol. The van der Waals surface area contributed by atoms with Gasteiger partial charge >= 0.3 is 0 Å². The first-order chi connectivity index (χ1) is 8.08. The van der Waals surface area contributed by atoms with E-state index in [0.29, 0.717) is 0 Å². The van der Waals surface area contributed by atoms with Gasteiger partial charge in [-0.3, -0.25) is 0 Å². The molecule has 17 heavy (non-hydrogen) atoms. The van der Waals surface area contributed by atoms with Crippen molar-refractivity contribution in [1.29, 1.82) is 0 Å². The molecule has 0 aliphatic heterocycles. The Morgan fingerprint density at radius 3 is 2.59 bits per heavy atom. The van der Waals surface area contributed by atoms with E-state index in [0.717, 1.165) is 5.82 Å². The number of aryl methyl sites for hydroxylation is 1. The molecule has 0 saturated carbocycles. The van der Waals surface area contributed by atoms with Crippen molar-refractivity contribution < 1.29 is 0 Å². The lowest BCUT2D eigenvalue weighted by atomic mass is 10.0. The first-order valence-electron chi connectivity index (χ1n) is 5.58. The van der Waals surface area contributed by atoms with Crippen molar-refractivity contribution >= 4 is 20.4 Å². The summed E-state index contributed by atoms with van der Waals surface area (Å²) in [5.41, 5.74) is 3.73. The number of benzene rings is 1. The first kappa shape index (κ1) is 12.1. The molecule has 0 amide bonds. The Balaban J connectivity index is 2.52. The molecule has 0 aliphatic rings. The molecule has 0 aliphatic carbocycles. The van der Waals surface area contributed by atoms with E-state index in [-0.39, 0.29) is 0 Å². The standard InChI is InChI=1S/C14H17N2P/c1-10-4-5-13(17)12(8-10)11-6-7-15-14(9-11)16(2)3/h4-9H,17H2,1-3H3.